The molecular formula is C22H22ClN5O. The molecule has 0 spiro atoms. The highest BCUT2D eigenvalue weighted by atomic mass is 35.5. The standard InChI is InChI=1S/C22H22ClN5O/c23-16-6-7-18-15(11-16)12-17(25-18)13-24-14-19-21(22(29)27-8-3-4-9-27)26-20-5-1-2-10-28(19)20/h1-2,5-7,10-12,24-25H,3-4,8-9,13-14H2. The van der Waals surface area contributed by atoms with Crippen LogP contribution in [0.2, 0.25) is 5.02 Å². The van der Waals surface area contributed by atoms with Crippen LogP contribution in [0.15, 0.2) is 48.7 Å². The van der Waals surface area contributed by atoms with Crippen LogP contribution in [0.1, 0.15) is 34.7 Å². The van der Waals surface area contributed by atoms with Crippen molar-refractivity contribution in [2.75, 3.05) is 13.1 Å². The molecule has 7 heteroatoms. The molecule has 3 aromatic heterocycles. The molecule has 1 aromatic carbocycles. The molecule has 1 amide bonds. The van der Waals surface area contributed by atoms with Crippen LogP contribution in [0.4, 0.5) is 0 Å². The van der Waals surface area contributed by atoms with Gasteiger partial charge in [0, 0.05) is 54.0 Å². The molecule has 148 valence electrons. The fraction of sp³-hybridized carbons (Fsp3) is 0.273. The Balaban J connectivity index is 1.38. The van der Waals surface area contributed by atoms with E-state index in [0.29, 0.717) is 18.8 Å². The molecule has 4 heterocycles. The van der Waals surface area contributed by atoms with E-state index in [1.165, 1.54) is 0 Å². The third-order valence-corrected chi connectivity index (χ3v) is 5.71. The first-order valence-corrected chi connectivity index (χ1v) is 10.3. The summed E-state index contributed by atoms with van der Waals surface area (Å²) in [5.41, 5.74) is 4.38. The van der Waals surface area contributed by atoms with Gasteiger partial charge in [-0.1, -0.05) is 17.7 Å². The third kappa shape index (κ3) is 3.50. The first kappa shape index (κ1) is 18.2. The summed E-state index contributed by atoms with van der Waals surface area (Å²) in [5, 5.41) is 5.28. The topological polar surface area (TPSA) is 65.4 Å². The molecule has 1 aliphatic rings. The van der Waals surface area contributed by atoms with Crippen molar-refractivity contribution in [3.05, 3.63) is 70.8 Å². The molecule has 29 heavy (non-hydrogen) atoms. The lowest BCUT2D eigenvalue weighted by molar-refractivity contribution is 0.0786. The number of fused-ring (bicyclic) bond motifs is 2. The Labute approximate surface area is 173 Å². The molecule has 6 nitrogen and oxygen atoms in total. The molecule has 5 rings (SSSR count). The maximum Gasteiger partial charge on any atom is 0.274 e. The third-order valence-electron chi connectivity index (χ3n) is 5.47. The molecule has 2 N–H and O–H groups in total. The van der Waals surface area contributed by atoms with Crippen molar-refractivity contribution >= 4 is 34.1 Å². The summed E-state index contributed by atoms with van der Waals surface area (Å²) in [5.74, 6) is 0.0308. The van der Waals surface area contributed by atoms with Gasteiger partial charge in [-0.2, -0.15) is 0 Å². The Bertz CT molecular complexity index is 1190. The first-order chi connectivity index (χ1) is 14.2. The summed E-state index contributed by atoms with van der Waals surface area (Å²) in [7, 11) is 0. The number of hydrogen-bond acceptors (Lipinski definition) is 3. The van der Waals surface area contributed by atoms with Crippen molar-refractivity contribution in [1.29, 1.82) is 0 Å². The summed E-state index contributed by atoms with van der Waals surface area (Å²) >= 11 is 6.08. The van der Waals surface area contributed by atoms with E-state index in [4.69, 9.17) is 11.6 Å². The molecule has 1 fully saturated rings. The maximum atomic E-state index is 13.0. The molecule has 0 radical (unpaired) electrons. The van der Waals surface area contributed by atoms with Gasteiger partial charge in [0.05, 0.1) is 5.69 Å². The van der Waals surface area contributed by atoms with Gasteiger partial charge in [-0.3, -0.25) is 4.79 Å². The van der Waals surface area contributed by atoms with Crippen molar-refractivity contribution in [2.24, 2.45) is 0 Å². The fourth-order valence-corrected chi connectivity index (χ4v) is 4.21. The highest BCUT2D eigenvalue weighted by molar-refractivity contribution is 6.31. The number of H-pyrrole nitrogens is 1. The van der Waals surface area contributed by atoms with E-state index in [-0.39, 0.29) is 5.91 Å². The predicted molar refractivity (Wildman–Crippen MR) is 114 cm³/mol. The number of aromatic amines is 1. The van der Waals surface area contributed by atoms with E-state index in [0.717, 1.165) is 58.9 Å². The van der Waals surface area contributed by atoms with Gasteiger partial charge in [0.2, 0.25) is 0 Å². The Morgan fingerprint density at radius 1 is 1.14 bits per heavy atom. The number of nitrogens with zero attached hydrogens (tertiary/aromatic N) is 3. The van der Waals surface area contributed by atoms with Gasteiger partial charge in [0.1, 0.15) is 5.65 Å². The maximum absolute atomic E-state index is 13.0. The van der Waals surface area contributed by atoms with Crippen LogP contribution < -0.4 is 5.32 Å². The van der Waals surface area contributed by atoms with Crippen LogP contribution in [-0.4, -0.2) is 38.3 Å². The predicted octanol–water partition coefficient (Wildman–Crippen LogP) is 3.99. The normalized spacial score (nSPS) is 14.3. The van der Waals surface area contributed by atoms with E-state index in [9.17, 15) is 4.79 Å². The van der Waals surface area contributed by atoms with Gasteiger partial charge in [0.15, 0.2) is 5.69 Å². The minimum absolute atomic E-state index is 0.0308. The number of carbonyl (C=O) groups excluding carboxylic acids is 1. The lowest BCUT2D eigenvalue weighted by Crippen LogP contribution is -2.29. The van der Waals surface area contributed by atoms with Gasteiger partial charge in [-0.05, 0) is 49.2 Å². The van der Waals surface area contributed by atoms with Crippen LogP contribution in [0.3, 0.4) is 0 Å². The SMILES string of the molecule is O=C(c1nc2ccccn2c1CNCc1cc2cc(Cl)ccc2[nH]1)N1CCCC1. The number of likely N-dealkylation sites (tertiary alicyclic amines) is 1. The zero-order valence-electron chi connectivity index (χ0n) is 16.0. The second-order valence-corrected chi connectivity index (χ2v) is 7.90. The summed E-state index contributed by atoms with van der Waals surface area (Å²) in [4.78, 5) is 23.0. The molecule has 0 atom stereocenters. The number of benzene rings is 1. The highest BCUT2D eigenvalue weighted by Gasteiger charge is 2.25. The van der Waals surface area contributed by atoms with Crippen molar-refractivity contribution in [1.82, 2.24) is 24.6 Å². The summed E-state index contributed by atoms with van der Waals surface area (Å²) < 4.78 is 2.00. The number of rotatable bonds is 5. The molecule has 0 aliphatic carbocycles. The van der Waals surface area contributed by atoms with Gasteiger partial charge in [-0.15, -0.1) is 0 Å². The summed E-state index contributed by atoms with van der Waals surface area (Å²) in [6, 6.07) is 13.8. The van der Waals surface area contributed by atoms with Crippen molar-refractivity contribution in [3.8, 4) is 0 Å². The van der Waals surface area contributed by atoms with Crippen molar-refractivity contribution in [2.45, 2.75) is 25.9 Å². The molecule has 0 bridgehead atoms. The Morgan fingerprint density at radius 2 is 2.00 bits per heavy atom. The second kappa shape index (κ2) is 7.54. The summed E-state index contributed by atoms with van der Waals surface area (Å²) in [6.45, 7) is 2.84. The average molecular weight is 408 g/mol. The van der Waals surface area contributed by atoms with E-state index in [1.54, 1.807) is 0 Å². The minimum Gasteiger partial charge on any atom is -0.357 e. The van der Waals surface area contributed by atoms with Crippen LogP contribution >= 0.6 is 11.6 Å². The van der Waals surface area contributed by atoms with E-state index in [1.807, 2.05) is 51.9 Å². The van der Waals surface area contributed by atoms with E-state index < -0.39 is 0 Å². The fourth-order valence-electron chi connectivity index (χ4n) is 4.03. The molecule has 0 saturated carbocycles. The van der Waals surface area contributed by atoms with Gasteiger partial charge < -0.3 is 19.6 Å². The van der Waals surface area contributed by atoms with Gasteiger partial charge >= 0.3 is 0 Å². The Kier molecular flexibility index (Phi) is 4.73. The van der Waals surface area contributed by atoms with E-state index in [2.05, 4.69) is 21.4 Å². The van der Waals surface area contributed by atoms with Crippen LogP contribution in [0.5, 0.6) is 0 Å². The van der Waals surface area contributed by atoms with E-state index >= 15 is 0 Å². The number of pyridine rings is 1. The van der Waals surface area contributed by atoms with Gasteiger partial charge in [-0.25, -0.2) is 4.98 Å². The monoisotopic (exact) mass is 407 g/mol. The minimum atomic E-state index is 0.0308. The second-order valence-electron chi connectivity index (χ2n) is 7.46. The average Bonchev–Trinajstić information content (AvgIpc) is 3.46. The smallest absolute Gasteiger partial charge is 0.274 e. The number of hydrogen-bond donors (Lipinski definition) is 2. The quantitative estimate of drug-likeness (QED) is 0.525. The van der Waals surface area contributed by atoms with Crippen LogP contribution in [0, 0.1) is 0 Å². The summed E-state index contributed by atoms with van der Waals surface area (Å²) in [6.07, 6.45) is 4.10. The number of carbonyl (C=O) groups is 1. The molecular weight excluding hydrogens is 386 g/mol. The zero-order valence-corrected chi connectivity index (χ0v) is 16.7. The molecule has 1 saturated heterocycles. The Morgan fingerprint density at radius 3 is 2.86 bits per heavy atom. The van der Waals surface area contributed by atoms with Crippen molar-refractivity contribution in [3.63, 3.8) is 0 Å². The molecule has 1 aliphatic heterocycles. The Hall–Kier alpha value is -2.83. The molecule has 4 aromatic rings. The van der Waals surface area contributed by atoms with Crippen molar-refractivity contribution < 1.29 is 4.79 Å². The number of imidazole rings is 1. The lowest BCUT2D eigenvalue weighted by atomic mass is 10.2. The van der Waals surface area contributed by atoms with Crippen LogP contribution in [0.25, 0.3) is 16.6 Å². The number of amides is 1. The molecule has 0 unspecified atom stereocenters. The highest BCUT2D eigenvalue weighted by Crippen LogP contribution is 2.21. The largest absolute Gasteiger partial charge is 0.357 e. The van der Waals surface area contributed by atoms with Gasteiger partial charge in [0.25, 0.3) is 5.91 Å². The first-order valence-electron chi connectivity index (χ1n) is 9.92. The van der Waals surface area contributed by atoms with Crippen LogP contribution in [-0.2, 0) is 13.1 Å². The lowest BCUT2D eigenvalue weighted by Gasteiger charge is -2.15. The zero-order chi connectivity index (χ0) is 19.8. The number of aromatic nitrogens is 3. The number of halogens is 1. The number of nitrogens with one attached hydrogen (secondary N) is 2.